The lowest BCUT2D eigenvalue weighted by Gasteiger charge is -2.15. The molecule has 1 aromatic carbocycles. The molecule has 0 amide bonds. The highest BCUT2D eigenvalue weighted by molar-refractivity contribution is 8.03. The number of allylic oxidation sites excluding steroid dienone is 3. The van der Waals surface area contributed by atoms with E-state index in [0.29, 0.717) is 0 Å². The summed E-state index contributed by atoms with van der Waals surface area (Å²) < 4.78 is 4.76. The number of hydrogen-bond acceptors (Lipinski definition) is 3. The van der Waals surface area contributed by atoms with Crippen molar-refractivity contribution in [2.75, 3.05) is 18.8 Å². The van der Waals surface area contributed by atoms with Gasteiger partial charge in [-0.15, -0.1) is 11.8 Å². The van der Waals surface area contributed by atoms with Crippen LogP contribution in [0, 0.1) is 11.3 Å². The van der Waals surface area contributed by atoms with Gasteiger partial charge in [0, 0.05) is 36.9 Å². The zero-order chi connectivity index (χ0) is 17.4. The number of imidazole rings is 1. The van der Waals surface area contributed by atoms with Gasteiger partial charge in [0.1, 0.15) is 0 Å². The van der Waals surface area contributed by atoms with Gasteiger partial charge in [-0.05, 0) is 38.1 Å². The van der Waals surface area contributed by atoms with Crippen molar-refractivity contribution in [1.29, 1.82) is 5.26 Å². The van der Waals surface area contributed by atoms with Crippen molar-refractivity contribution in [1.82, 2.24) is 9.47 Å². The van der Waals surface area contributed by atoms with E-state index in [2.05, 4.69) is 52.2 Å². The summed E-state index contributed by atoms with van der Waals surface area (Å²) in [5, 5.41) is 10.6. The smallest absolute Gasteiger partial charge is 0.285 e. The zero-order valence-electron chi connectivity index (χ0n) is 15.2. The molecule has 4 rings (SSSR count). The van der Waals surface area contributed by atoms with E-state index in [1.54, 1.807) is 0 Å². The number of aryl methyl sites for hydroxylation is 2. The fourth-order valence-electron chi connectivity index (χ4n) is 3.91. The molecule has 3 heterocycles. The normalized spacial score (nSPS) is 19.2. The average Bonchev–Trinajstić information content (AvgIpc) is 3.33. The van der Waals surface area contributed by atoms with Crippen LogP contribution in [0.3, 0.4) is 0 Å². The molecule has 0 bridgehead atoms. The minimum Gasteiger partial charge on any atom is -1.00 e. The standard InChI is InChI=1S/C20H23N4S.HI/c1-3-22-11-12-25-19(22)8-6-16-9-10-24-17-7-5-15(14-21)13-18(17)23(4-2)20(16)24;/h5-8,13H,3-4,9-12H2,1-2H3;1H/q+1;/p-1. The summed E-state index contributed by atoms with van der Waals surface area (Å²) in [6.45, 7) is 8.57. The molecule has 4 nitrogen and oxygen atoms in total. The summed E-state index contributed by atoms with van der Waals surface area (Å²) in [5.74, 6) is 2.49. The Balaban J connectivity index is 0.00000196. The van der Waals surface area contributed by atoms with Gasteiger partial charge in [0.25, 0.3) is 5.82 Å². The second kappa shape index (κ2) is 8.05. The highest BCUT2D eigenvalue weighted by Gasteiger charge is 2.32. The van der Waals surface area contributed by atoms with Gasteiger partial charge in [0.15, 0.2) is 11.0 Å². The minimum absolute atomic E-state index is 0. The van der Waals surface area contributed by atoms with Crippen LogP contribution in [0.2, 0.25) is 0 Å². The van der Waals surface area contributed by atoms with E-state index in [4.69, 9.17) is 0 Å². The van der Waals surface area contributed by atoms with Gasteiger partial charge in [0.05, 0.1) is 29.8 Å². The highest BCUT2D eigenvalue weighted by atomic mass is 127. The van der Waals surface area contributed by atoms with Gasteiger partial charge in [-0.2, -0.15) is 5.26 Å². The van der Waals surface area contributed by atoms with Crippen LogP contribution in [-0.4, -0.2) is 28.3 Å². The van der Waals surface area contributed by atoms with E-state index in [1.165, 1.54) is 33.2 Å². The van der Waals surface area contributed by atoms with Crippen LogP contribution in [-0.2, 0) is 13.1 Å². The molecule has 2 aliphatic heterocycles. The molecule has 6 heteroatoms. The molecule has 0 saturated carbocycles. The molecule has 0 unspecified atom stereocenters. The number of halogens is 1. The fraction of sp³-hybridized carbons (Fsp3) is 0.400. The summed E-state index contributed by atoms with van der Waals surface area (Å²) in [6.07, 6.45) is 5.68. The Morgan fingerprint density at radius 1 is 1.27 bits per heavy atom. The lowest BCUT2D eigenvalue weighted by molar-refractivity contribution is -0.670. The number of thioether (sulfide) groups is 1. The van der Waals surface area contributed by atoms with E-state index < -0.39 is 0 Å². The van der Waals surface area contributed by atoms with Crippen LogP contribution in [0.4, 0.5) is 0 Å². The number of hydrogen-bond donors (Lipinski definition) is 0. The topological polar surface area (TPSA) is 35.8 Å². The molecule has 1 saturated heterocycles. The van der Waals surface area contributed by atoms with E-state index in [1.807, 2.05) is 23.9 Å². The number of nitrogens with zero attached hydrogens (tertiary/aromatic N) is 4. The van der Waals surface area contributed by atoms with Gasteiger partial charge in [-0.1, -0.05) is 0 Å². The van der Waals surface area contributed by atoms with Crippen molar-refractivity contribution in [3.63, 3.8) is 0 Å². The number of rotatable bonds is 3. The van der Waals surface area contributed by atoms with Crippen LogP contribution >= 0.6 is 11.8 Å². The SMILES string of the molecule is CCN1CCSC1=CC=C1CCn2c1[n+](CC)c1cc(C#N)ccc12.[I-]. The number of aromatic nitrogens is 2. The molecule has 2 aliphatic rings. The summed E-state index contributed by atoms with van der Waals surface area (Å²) in [4.78, 5) is 2.44. The quantitative estimate of drug-likeness (QED) is 0.477. The van der Waals surface area contributed by atoms with Crippen LogP contribution in [0.15, 0.2) is 35.4 Å². The van der Waals surface area contributed by atoms with Crippen molar-refractivity contribution < 1.29 is 28.5 Å². The third-order valence-corrected chi connectivity index (χ3v) is 6.21. The number of nitriles is 1. The first-order valence-electron chi connectivity index (χ1n) is 9.02. The average molecular weight is 478 g/mol. The van der Waals surface area contributed by atoms with Crippen LogP contribution in [0.1, 0.15) is 31.7 Å². The van der Waals surface area contributed by atoms with Crippen molar-refractivity contribution in [3.05, 3.63) is 46.8 Å². The Kier molecular flexibility index (Phi) is 5.98. The summed E-state index contributed by atoms with van der Waals surface area (Å²) in [6, 6.07) is 8.30. The van der Waals surface area contributed by atoms with E-state index in [-0.39, 0.29) is 24.0 Å². The molecule has 1 aromatic heterocycles. The molecule has 1 fully saturated rings. The van der Waals surface area contributed by atoms with Crippen molar-refractivity contribution >= 4 is 28.4 Å². The van der Waals surface area contributed by atoms with E-state index in [9.17, 15) is 5.26 Å². The first kappa shape index (κ1) is 19.3. The Labute approximate surface area is 176 Å². The first-order chi connectivity index (χ1) is 12.3. The Morgan fingerprint density at radius 3 is 2.85 bits per heavy atom. The maximum Gasteiger partial charge on any atom is 0.285 e. The summed E-state index contributed by atoms with van der Waals surface area (Å²) in [7, 11) is 0. The molecule has 2 aromatic rings. The van der Waals surface area contributed by atoms with E-state index in [0.717, 1.165) is 38.2 Å². The third-order valence-electron chi connectivity index (χ3n) is 5.14. The van der Waals surface area contributed by atoms with Crippen molar-refractivity contribution in [3.8, 4) is 6.07 Å². The predicted octanol–water partition coefficient (Wildman–Crippen LogP) is 0.522. The Morgan fingerprint density at radius 2 is 2.12 bits per heavy atom. The summed E-state index contributed by atoms with van der Waals surface area (Å²) >= 11 is 1.95. The molecule has 0 aliphatic carbocycles. The van der Waals surface area contributed by atoms with Crippen molar-refractivity contribution in [2.45, 2.75) is 33.4 Å². The monoisotopic (exact) mass is 478 g/mol. The molecule has 0 atom stereocenters. The maximum atomic E-state index is 9.22. The lowest BCUT2D eigenvalue weighted by Crippen LogP contribution is -3.00. The first-order valence-corrected chi connectivity index (χ1v) is 10.0. The molecular formula is C20H23IN4S. The van der Waals surface area contributed by atoms with Crippen LogP contribution in [0.5, 0.6) is 0 Å². The van der Waals surface area contributed by atoms with Gasteiger partial charge in [0.2, 0.25) is 0 Å². The number of benzene rings is 1. The Hall–Kier alpha value is -1.46. The van der Waals surface area contributed by atoms with Gasteiger partial charge in [-0.3, -0.25) is 0 Å². The van der Waals surface area contributed by atoms with Gasteiger partial charge >= 0.3 is 0 Å². The molecule has 0 N–H and O–H groups in total. The van der Waals surface area contributed by atoms with Crippen LogP contribution < -0.4 is 28.5 Å². The Bertz CT molecular complexity index is 935. The third kappa shape index (κ3) is 3.16. The molecule has 136 valence electrons. The maximum absolute atomic E-state index is 9.22. The summed E-state index contributed by atoms with van der Waals surface area (Å²) in [5.41, 5.74) is 4.53. The van der Waals surface area contributed by atoms with Crippen LogP contribution in [0.25, 0.3) is 16.6 Å². The minimum atomic E-state index is 0. The molecule has 0 spiro atoms. The lowest BCUT2D eigenvalue weighted by atomic mass is 10.2. The molecule has 26 heavy (non-hydrogen) atoms. The molecule has 0 radical (unpaired) electrons. The van der Waals surface area contributed by atoms with Gasteiger partial charge in [-0.25, -0.2) is 9.13 Å². The van der Waals surface area contributed by atoms with E-state index >= 15 is 0 Å². The highest BCUT2D eigenvalue weighted by Crippen LogP contribution is 2.32. The molecular weight excluding hydrogens is 455 g/mol. The largest absolute Gasteiger partial charge is 1.00 e. The predicted molar refractivity (Wildman–Crippen MR) is 103 cm³/mol. The van der Waals surface area contributed by atoms with Crippen molar-refractivity contribution in [2.24, 2.45) is 0 Å². The second-order valence-corrected chi connectivity index (χ2v) is 7.52. The zero-order valence-corrected chi connectivity index (χ0v) is 18.2. The number of fused-ring (bicyclic) bond motifs is 3. The fourth-order valence-corrected chi connectivity index (χ4v) is 5.00. The van der Waals surface area contributed by atoms with Gasteiger partial charge < -0.3 is 28.9 Å². The second-order valence-electron chi connectivity index (χ2n) is 6.41.